The number of halogens is 1. The fourth-order valence-electron chi connectivity index (χ4n) is 3.48. The molecule has 0 aliphatic carbocycles. The number of ether oxygens (including phenoxy) is 1. The van der Waals surface area contributed by atoms with Crippen LogP contribution < -0.4 is 0 Å². The van der Waals surface area contributed by atoms with Gasteiger partial charge in [0.05, 0.1) is 17.3 Å². The van der Waals surface area contributed by atoms with E-state index in [9.17, 15) is 19.8 Å². The number of aromatic hydroxyl groups is 2. The molecule has 1 aromatic carbocycles. The van der Waals surface area contributed by atoms with Gasteiger partial charge < -0.3 is 24.7 Å². The minimum absolute atomic E-state index is 0.0284. The van der Waals surface area contributed by atoms with Gasteiger partial charge in [0.25, 0.3) is 5.91 Å². The molecule has 2 N–H and O–H groups in total. The van der Waals surface area contributed by atoms with E-state index in [1.807, 2.05) is 32.1 Å². The van der Waals surface area contributed by atoms with Crippen LogP contribution >= 0.6 is 11.6 Å². The lowest BCUT2D eigenvalue weighted by atomic mass is 9.99. The Morgan fingerprint density at radius 2 is 1.79 bits per heavy atom. The lowest BCUT2D eigenvalue weighted by Gasteiger charge is -2.20. The second-order valence-corrected chi connectivity index (χ2v) is 8.25. The predicted octanol–water partition coefficient (Wildman–Crippen LogP) is 4.77. The Morgan fingerprint density at radius 1 is 1.12 bits per heavy atom. The van der Waals surface area contributed by atoms with Gasteiger partial charge in [-0.1, -0.05) is 48.8 Å². The highest BCUT2D eigenvalue weighted by Crippen LogP contribution is 2.37. The van der Waals surface area contributed by atoms with Gasteiger partial charge in [0, 0.05) is 25.6 Å². The average Bonchev–Trinajstić information content (AvgIpc) is 2.80. The van der Waals surface area contributed by atoms with Crippen LogP contribution in [-0.2, 0) is 20.8 Å². The van der Waals surface area contributed by atoms with Gasteiger partial charge in [-0.3, -0.25) is 4.79 Å². The van der Waals surface area contributed by atoms with E-state index in [0.717, 1.165) is 31.7 Å². The molecule has 0 saturated carbocycles. The van der Waals surface area contributed by atoms with Gasteiger partial charge in [-0.15, -0.1) is 0 Å². The minimum atomic E-state index is -0.756. The summed E-state index contributed by atoms with van der Waals surface area (Å²) in [5.41, 5.74) is 0.388. The summed E-state index contributed by atoms with van der Waals surface area (Å²) in [4.78, 5) is 32.3. The second-order valence-electron chi connectivity index (χ2n) is 7.87. The summed E-state index contributed by atoms with van der Waals surface area (Å²) in [6, 6.07) is 1.00. The first kappa shape index (κ1) is 27.2. The number of carbonyl (C=O) groups is 2. The molecule has 34 heavy (non-hydrogen) atoms. The maximum atomic E-state index is 12.7. The summed E-state index contributed by atoms with van der Waals surface area (Å²) in [7, 11) is 0. The molecule has 1 amide bonds. The van der Waals surface area contributed by atoms with Crippen molar-refractivity contribution in [1.82, 2.24) is 4.90 Å². The average molecular weight is 493 g/mol. The molecule has 0 unspecified atom stereocenters. The largest absolute Gasteiger partial charge is 0.507 e. The molecule has 2 rings (SSSR count). The van der Waals surface area contributed by atoms with Gasteiger partial charge >= 0.3 is 5.97 Å². The van der Waals surface area contributed by atoms with E-state index in [0.29, 0.717) is 25.2 Å². The Morgan fingerprint density at radius 3 is 2.50 bits per heavy atom. The van der Waals surface area contributed by atoms with E-state index in [1.165, 1.54) is 0 Å². The normalized spacial score (nSPS) is 17.9. The van der Waals surface area contributed by atoms with Crippen molar-refractivity contribution in [2.75, 3.05) is 26.3 Å². The molecule has 1 aliphatic rings. The third-order valence-electron chi connectivity index (χ3n) is 5.09. The van der Waals surface area contributed by atoms with Gasteiger partial charge in [-0.25, -0.2) is 4.79 Å². The van der Waals surface area contributed by atoms with Crippen molar-refractivity contribution < 1.29 is 29.4 Å². The molecular formula is C25H33ClN2O6. The van der Waals surface area contributed by atoms with Gasteiger partial charge in [0.15, 0.2) is 6.61 Å². The number of carbonyl (C=O) groups excluding carboxylic acids is 2. The van der Waals surface area contributed by atoms with Crippen molar-refractivity contribution in [2.24, 2.45) is 5.16 Å². The third-order valence-corrected chi connectivity index (χ3v) is 5.51. The molecule has 0 radical (unpaired) electrons. The Kier molecular flexibility index (Phi) is 11.5. The summed E-state index contributed by atoms with van der Waals surface area (Å²) in [6.07, 6.45) is 11.2. The number of nitrogens with zero attached hydrogens (tertiary/aromatic N) is 2. The number of phenolic OH excluding ortho intramolecular Hbond substituents is 2. The van der Waals surface area contributed by atoms with Crippen molar-refractivity contribution in [1.29, 1.82) is 0 Å². The number of cyclic esters (lactones) is 1. The summed E-state index contributed by atoms with van der Waals surface area (Å²) < 4.78 is 5.28. The van der Waals surface area contributed by atoms with Crippen molar-refractivity contribution in [3.05, 3.63) is 46.5 Å². The standard InChI is InChI=1S/C25H33ClN2O6/c1-3-12-28(13-4-2)22(31)17-34-27-18-11-9-7-5-6-8-10-14-33-25(32)23-19(15-18)24(26)21(30)16-20(23)29/h6,8-9,11,16,29-30H,3-5,7,10,12-15,17H2,1-2H3/b8-6+,11-9+,27-18+. The van der Waals surface area contributed by atoms with Crippen LogP contribution in [0.2, 0.25) is 5.02 Å². The van der Waals surface area contributed by atoms with Crippen LogP contribution in [0, 0.1) is 0 Å². The Bertz CT molecular complexity index is 936. The number of hydrogen-bond acceptors (Lipinski definition) is 7. The first-order valence-corrected chi connectivity index (χ1v) is 11.9. The molecule has 0 fully saturated rings. The van der Waals surface area contributed by atoms with Crippen LogP contribution in [0.1, 0.15) is 61.9 Å². The lowest BCUT2D eigenvalue weighted by Crippen LogP contribution is -2.35. The molecule has 0 aromatic heterocycles. The monoisotopic (exact) mass is 492 g/mol. The number of amides is 1. The van der Waals surface area contributed by atoms with Crippen LogP contribution in [0.15, 0.2) is 35.5 Å². The zero-order valence-electron chi connectivity index (χ0n) is 19.8. The van der Waals surface area contributed by atoms with Crippen LogP contribution in [0.5, 0.6) is 11.5 Å². The number of rotatable bonds is 7. The van der Waals surface area contributed by atoms with Crippen LogP contribution in [0.4, 0.5) is 0 Å². The molecule has 0 saturated heterocycles. The smallest absolute Gasteiger partial charge is 0.342 e. The van der Waals surface area contributed by atoms with Crippen molar-refractivity contribution in [2.45, 2.75) is 52.4 Å². The predicted molar refractivity (Wildman–Crippen MR) is 131 cm³/mol. The van der Waals surface area contributed by atoms with E-state index >= 15 is 0 Å². The number of benzene rings is 1. The maximum Gasteiger partial charge on any atom is 0.342 e. The Hall–Kier alpha value is -3.00. The van der Waals surface area contributed by atoms with Crippen LogP contribution in [0.3, 0.4) is 0 Å². The topological polar surface area (TPSA) is 109 Å². The summed E-state index contributed by atoms with van der Waals surface area (Å²) >= 11 is 6.30. The fourth-order valence-corrected chi connectivity index (χ4v) is 3.70. The maximum absolute atomic E-state index is 12.7. The number of allylic oxidation sites excluding steroid dienone is 3. The highest BCUT2D eigenvalue weighted by atomic mass is 35.5. The van der Waals surface area contributed by atoms with Crippen molar-refractivity contribution in [3.8, 4) is 11.5 Å². The van der Waals surface area contributed by atoms with Gasteiger partial charge in [0.2, 0.25) is 0 Å². The first-order valence-electron chi connectivity index (χ1n) is 11.6. The zero-order valence-corrected chi connectivity index (χ0v) is 20.5. The Labute approximate surface area is 205 Å². The van der Waals surface area contributed by atoms with E-state index in [4.69, 9.17) is 21.2 Å². The molecule has 1 aromatic rings. The van der Waals surface area contributed by atoms with E-state index < -0.39 is 11.7 Å². The molecule has 0 bridgehead atoms. The van der Waals surface area contributed by atoms with E-state index in [1.54, 1.807) is 11.0 Å². The summed E-state index contributed by atoms with van der Waals surface area (Å²) in [5, 5.41) is 24.5. The molecule has 9 heteroatoms. The molecule has 0 spiro atoms. The highest BCUT2D eigenvalue weighted by Gasteiger charge is 2.24. The molecule has 8 nitrogen and oxygen atoms in total. The third kappa shape index (κ3) is 8.09. The molecule has 186 valence electrons. The fraction of sp³-hybridized carbons (Fsp3) is 0.480. The van der Waals surface area contributed by atoms with Crippen molar-refractivity contribution in [3.63, 3.8) is 0 Å². The second kappa shape index (κ2) is 14.3. The molecular weight excluding hydrogens is 460 g/mol. The number of esters is 1. The van der Waals surface area contributed by atoms with Gasteiger partial charge in [-0.2, -0.15) is 0 Å². The summed E-state index contributed by atoms with van der Waals surface area (Å²) in [5.74, 6) is -1.74. The van der Waals surface area contributed by atoms with Gasteiger partial charge in [-0.05, 0) is 43.7 Å². The molecule has 1 heterocycles. The highest BCUT2D eigenvalue weighted by molar-refractivity contribution is 6.33. The van der Waals surface area contributed by atoms with Gasteiger partial charge in [0.1, 0.15) is 17.1 Å². The van der Waals surface area contributed by atoms with Crippen molar-refractivity contribution >= 4 is 29.2 Å². The number of oxime groups is 1. The number of fused-ring (bicyclic) bond motifs is 1. The Balaban J connectivity index is 2.34. The van der Waals surface area contributed by atoms with E-state index in [2.05, 4.69) is 5.16 Å². The van der Waals surface area contributed by atoms with Crippen LogP contribution in [0.25, 0.3) is 0 Å². The minimum Gasteiger partial charge on any atom is -0.507 e. The number of phenols is 2. The number of hydrogen-bond donors (Lipinski definition) is 2. The van der Waals surface area contributed by atoms with E-state index in [-0.39, 0.29) is 47.4 Å². The zero-order chi connectivity index (χ0) is 24.9. The lowest BCUT2D eigenvalue weighted by molar-refractivity contribution is -0.136. The molecule has 1 aliphatic heterocycles. The molecule has 0 atom stereocenters. The van der Waals surface area contributed by atoms with Crippen LogP contribution in [-0.4, -0.2) is 59.0 Å². The quantitative estimate of drug-likeness (QED) is 0.322. The SMILES string of the molecule is CCCN(CCC)C(=O)CO/N=C1\C=C\CC/C=C/CCOC(=O)c2c(O)cc(O)c(Cl)c2C1. The summed E-state index contributed by atoms with van der Waals surface area (Å²) in [6.45, 7) is 5.20. The first-order chi connectivity index (χ1) is 16.4.